The SMILES string of the molecule is O=C(Nc1cccc(Cl)c1C(=O)O)c1ccc(Cl)cc1F. The molecule has 108 valence electrons. The fourth-order valence-corrected chi connectivity index (χ4v) is 2.12. The number of carbonyl (C=O) groups is 2. The minimum Gasteiger partial charge on any atom is -0.478 e. The molecule has 2 rings (SSSR count). The fourth-order valence-electron chi connectivity index (χ4n) is 1.71. The zero-order valence-electron chi connectivity index (χ0n) is 10.4. The van der Waals surface area contributed by atoms with Crippen LogP contribution in [0.15, 0.2) is 36.4 Å². The van der Waals surface area contributed by atoms with E-state index in [1.165, 1.54) is 30.3 Å². The number of hydrogen-bond donors (Lipinski definition) is 2. The lowest BCUT2D eigenvalue weighted by atomic mass is 10.1. The largest absolute Gasteiger partial charge is 0.478 e. The van der Waals surface area contributed by atoms with Crippen LogP contribution in [0.2, 0.25) is 10.0 Å². The summed E-state index contributed by atoms with van der Waals surface area (Å²) in [6.07, 6.45) is 0. The third kappa shape index (κ3) is 3.32. The predicted molar refractivity (Wildman–Crippen MR) is 77.8 cm³/mol. The van der Waals surface area contributed by atoms with E-state index in [4.69, 9.17) is 28.3 Å². The molecule has 0 saturated carbocycles. The lowest BCUT2D eigenvalue weighted by Gasteiger charge is -2.10. The molecule has 0 aliphatic rings. The van der Waals surface area contributed by atoms with Gasteiger partial charge in [-0.25, -0.2) is 9.18 Å². The lowest BCUT2D eigenvalue weighted by Crippen LogP contribution is -2.16. The van der Waals surface area contributed by atoms with Gasteiger partial charge in [-0.05, 0) is 30.3 Å². The number of anilines is 1. The number of carbonyl (C=O) groups excluding carboxylic acids is 1. The van der Waals surface area contributed by atoms with Crippen LogP contribution < -0.4 is 5.32 Å². The number of carboxylic acids is 1. The summed E-state index contributed by atoms with van der Waals surface area (Å²) in [5.41, 5.74) is -0.535. The van der Waals surface area contributed by atoms with Crippen LogP contribution in [0.4, 0.5) is 10.1 Å². The molecule has 7 heteroatoms. The van der Waals surface area contributed by atoms with E-state index in [9.17, 15) is 14.0 Å². The summed E-state index contributed by atoms with van der Waals surface area (Å²) in [6, 6.07) is 7.77. The molecule has 4 nitrogen and oxygen atoms in total. The smallest absolute Gasteiger partial charge is 0.339 e. The van der Waals surface area contributed by atoms with E-state index in [0.29, 0.717) is 0 Å². The Morgan fingerprint density at radius 2 is 1.86 bits per heavy atom. The van der Waals surface area contributed by atoms with E-state index < -0.39 is 17.7 Å². The van der Waals surface area contributed by atoms with Crippen LogP contribution in [0, 0.1) is 5.82 Å². The number of amides is 1. The molecule has 0 saturated heterocycles. The molecule has 0 aliphatic carbocycles. The van der Waals surface area contributed by atoms with E-state index in [1.807, 2.05) is 0 Å². The molecule has 0 spiro atoms. The van der Waals surface area contributed by atoms with Gasteiger partial charge in [0.15, 0.2) is 0 Å². The number of carboxylic acid groups (broad SMARTS) is 1. The van der Waals surface area contributed by atoms with Crippen molar-refractivity contribution < 1.29 is 19.1 Å². The summed E-state index contributed by atoms with van der Waals surface area (Å²) in [6.45, 7) is 0. The Bertz CT molecular complexity index is 734. The van der Waals surface area contributed by atoms with E-state index >= 15 is 0 Å². The summed E-state index contributed by atoms with van der Waals surface area (Å²) >= 11 is 11.4. The Hall–Kier alpha value is -2.11. The zero-order chi connectivity index (χ0) is 15.6. The minimum atomic E-state index is -1.30. The molecule has 0 bridgehead atoms. The Balaban J connectivity index is 2.36. The van der Waals surface area contributed by atoms with Crippen LogP contribution in [0.25, 0.3) is 0 Å². The minimum absolute atomic E-state index is 0.0191. The van der Waals surface area contributed by atoms with Crippen molar-refractivity contribution in [2.45, 2.75) is 0 Å². The zero-order valence-corrected chi connectivity index (χ0v) is 11.9. The van der Waals surface area contributed by atoms with Crippen molar-refractivity contribution in [2.24, 2.45) is 0 Å². The summed E-state index contributed by atoms with van der Waals surface area (Å²) in [7, 11) is 0. The van der Waals surface area contributed by atoms with Crippen molar-refractivity contribution in [2.75, 3.05) is 5.32 Å². The topological polar surface area (TPSA) is 66.4 Å². The summed E-state index contributed by atoms with van der Waals surface area (Å²) in [5, 5.41) is 11.5. The first kappa shape index (κ1) is 15.3. The van der Waals surface area contributed by atoms with Crippen LogP contribution in [0.3, 0.4) is 0 Å². The highest BCUT2D eigenvalue weighted by Gasteiger charge is 2.18. The van der Waals surface area contributed by atoms with Crippen molar-refractivity contribution in [3.8, 4) is 0 Å². The average Bonchev–Trinajstić information content (AvgIpc) is 2.37. The third-order valence-electron chi connectivity index (χ3n) is 2.65. The number of aromatic carboxylic acids is 1. The molecule has 0 unspecified atom stereocenters. The maximum Gasteiger partial charge on any atom is 0.339 e. The van der Waals surface area contributed by atoms with Crippen LogP contribution >= 0.6 is 23.2 Å². The molecular formula is C14H8Cl2FNO3. The van der Waals surface area contributed by atoms with Gasteiger partial charge in [-0.15, -0.1) is 0 Å². The van der Waals surface area contributed by atoms with Gasteiger partial charge in [-0.3, -0.25) is 4.79 Å². The van der Waals surface area contributed by atoms with E-state index in [-0.39, 0.29) is 26.9 Å². The maximum absolute atomic E-state index is 13.7. The number of nitrogens with one attached hydrogen (secondary N) is 1. The highest BCUT2D eigenvalue weighted by molar-refractivity contribution is 6.34. The molecule has 2 N–H and O–H groups in total. The highest BCUT2D eigenvalue weighted by Crippen LogP contribution is 2.25. The van der Waals surface area contributed by atoms with Crippen molar-refractivity contribution in [1.82, 2.24) is 0 Å². The fraction of sp³-hybridized carbons (Fsp3) is 0. The van der Waals surface area contributed by atoms with Gasteiger partial charge in [-0.1, -0.05) is 29.3 Å². The first-order valence-corrected chi connectivity index (χ1v) is 6.44. The molecular weight excluding hydrogens is 320 g/mol. The van der Waals surface area contributed by atoms with Crippen LogP contribution in [-0.2, 0) is 0 Å². The van der Waals surface area contributed by atoms with E-state index in [1.54, 1.807) is 0 Å². The van der Waals surface area contributed by atoms with Gasteiger partial charge in [0.2, 0.25) is 0 Å². The van der Waals surface area contributed by atoms with Crippen molar-refractivity contribution >= 4 is 40.8 Å². The van der Waals surface area contributed by atoms with Gasteiger partial charge >= 0.3 is 5.97 Å². The first-order valence-electron chi connectivity index (χ1n) is 5.68. The summed E-state index contributed by atoms with van der Waals surface area (Å²) < 4.78 is 13.7. The van der Waals surface area contributed by atoms with Crippen LogP contribution in [0.1, 0.15) is 20.7 Å². The van der Waals surface area contributed by atoms with Gasteiger partial charge < -0.3 is 10.4 Å². The lowest BCUT2D eigenvalue weighted by molar-refractivity contribution is 0.0698. The second-order valence-corrected chi connectivity index (χ2v) is 4.89. The Kier molecular flexibility index (Phi) is 4.45. The van der Waals surface area contributed by atoms with Crippen LogP contribution in [-0.4, -0.2) is 17.0 Å². The average molecular weight is 328 g/mol. The Morgan fingerprint density at radius 3 is 2.48 bits per heavy atom. The molecule has 0 fully saturated rings. The summed E-state index contributed by atoms with van der Waals surface area (Å²) in [5.74, 6) is -2.90. The number of hydrogen-bond acceptors (Lipinski definition) is 2. The van der Waals surface area contributed by atoms with Crippen molar-refractivity contribution in [3.05, 3.63) is 63.4 Å². The van der Waals surface area contributed by atoms with Gasteiger partial charge in [-0.2, -0.15) is 0 Å². The first-order chi connectivity index (χ1) is 9.90. The highest BCUT2D eigenvalue weighted by atomic mass is 35.5. The Morgan fingerprint density at radius 1 is 1.14 bits per heavy atom. The maximum atomic E-state index is 13.7. The molecule has 0 atom stereocenters. The van der Waals surface area contributed by atoms with Crippen molar-refractivity contribution in [3.63, 3.8) is 0 Å². The third-order valence-corrected chi connectivity index (χ3v) is 3.20. The second kappa shape index (κ2) is 6.11. The molecule has 0 aliphatic heterocycles. The van der Waals surface area contributed by atoms with Gasteiger partial charge in [0.05, 0.1) is 16.3 Å². The van der Waals surface area contributed by atoms with Gasteiger partial charge in [0.25, 0.3) is 5.91 Å². The molecule has 2 aromatic carbocycles. The number of benzene rings is 2. The molecule has 0 aromatic heterocycles. The van der Waals surface area contributed by atoms with E-state index in [0.717, 1.165) is 6.07 Å². The van der Waals surface area contributed by atoms with Crippen LogP contribution in [0.5, 0.6) is 0 Å². The quantitative estimate of drug-likeness (QED) is 0.892. The molecule has 0 radical (unpaired) electrons. The molecule has 21 heavy (non-hydrogen) atoms. The second-order valence-electron chi connectivity index (χ2n) is 4.05. The number of rotatable bonds is 3. The Labute approximate surface area is 129 Å². The normalized spacial score (nSPS) is 10.2. The van der Waals surface area contributed by atoms with Crippen molar-refractivity contribution in [1.29, 1.82) is 0 Å². The molecule has 1 amide bonds. The summed E-state index contributed by atoms with van der Waals surface area (Å²) in [4.78, 5) is 23.1. The standard InChI is InChI=1S/C14H8Cl2FNO3/c15-7-4-5-8(10(17)6-7)13(19)18-11-3-1-2-9(16)12(11)14(20)21/h1-6H,(H,18,19)(H,20,21). The van der Waals surface area contributed by atoms with E-state index in [2.05, 4.69) is 5.32 Å². The molecule has 0 heterocycles. The monoisotopic (exact) mass is 327 g/mol. The molecule has 2 aromatic rings. The van der Waals surface area contributed by atoms with Gasteiger partial charge in [0.1, 0.15) is 11.4 Å². The number of halogens is 3. The van der Waals surface area contributed by atoms with Gasteiger partial charge in [0, 0.05) is 5.02 Å². The predicted octanol–water partition coefficient (Wildman–Crippen LogP) is 4.08.